The van der Waals surface area contributed by atoms with Gasteiger partial charge in [-0.25, -0.2) is 4.98 Å². The van der Waals surface area contributed by atoms with E-state index < -0.39 is 23.5 Å². The van der Waals surface area contributed by atoms with Gasteiger partial charge in [-0.1, -0.05) is 46.9 Å². The van der Waals surface area contributed by atoms with Crippen LogP contribution in [0.4, 0.5) is 30.6 Å². The molecule has 170 valence electrons. The fraction of sp³-hybridized carbons (Fsp3) is 0.150. The molecule has 0 bridgehead atoms. The van der Waals surface area contributed by atoms with Crippen LogP contribution in [-0.2, 0) is 17.4 Å². The number of nitrogen functional groups attached to an aromatic ring is 1. The van der Waals surface area contributed by atoms with Crippen LogP contribution in [0.3, 0.4) is 0 Å². The van der Waals surface area contributed by atoms with E-state index in [1.165, 1.54) is 12.1 Å². The zero-order valence-corrected chi connectivity index (χ0v) is 18.4. The third-order valence-electron chi connectivity index (χ3n) is 3.84. The molecule has 12 heteroatoms. The van der Waals surface area contributed by atoms with Gasteiger partial charge >= 0.3 is 12.1 Å². The highest BCUT2D eigenvalue weighted by Crippen LogP contribution is 2.33. The fourth-order valence-electron chi connectivity index (χ4n) is 2.28. The van der Waals surface area contributed by atoms with E-state index in [1.54, 1.807) is 18.2 Å². The Labute approximate surface area is 196 Å². The largest absolute Gasteiger partial charge is 0.481 e. The molecule has 0 saturated heterocycles. The molecule has 6 nitrogen and oxygen atoms in total. The lowest BCUT2D eigenvalue weighted by molar-refractivity contribution is -0.138. The van der Waals surface area contributed by atoms with Crippen LogP contribution in [0.15, 0.2) is 48.7 Å². The molecule has 0 unspecified atom stereocenters. The molecule has 0 atom stereocenters. The number of carbonyl (C=O) groups is 1. The van der Waals surface area contributed by atoms with Gasteiger partial charge in [-0.2, -0.15) is 18.2 Å². The van der Waals surface area contributed by atoms with E-state index in [1.807, 2.05) is 12.1 Å². The van der Waals surface area contributed by atoms with Crippen molar-refractivity contribution < 1.29 is 23.1 Å². The van der Waals surface area contributed by atoms with Crippen molar-refractivity contribution >= 4 is 58.2 Å². The Hall–Kier alpha value is -2.75. The SMILES string of the molecule is Nc1nc(Nc2ccc(Cl)c(Cl)c2)ncc1C(F)(F)F.O=C(O)CCc1ccc(Cl)cc1. The number of halogens is 6. The van der Waals surface area contributed by atoms with Gasteiger partial charge in [0.15, 0.2) is 0 Å². The zero-order valence-electron chi connectivity index (χ0n) is 16.1. The van der Waals surface area contributed by atoms with Gasteiger partial charge in [0.05, 0.1) is 10.0 Å². The zero-order chi connectivity index (χ0) is 23.9. The maximum Gasteiger partial charge on any atom is 0.421 e. The van der Waals surface area contributed by atoms with Gasteiger partial charge in [0.25, 0.3) is 0 Å². The van der Waals surface area contributed by atoms with E-state index >= 15 is 0 Å². The van der Waals surface area contributed by atoms with Crippen LogP contribution in [0, 0.1) is 0 Å². The highest BCUT2D eigenvalue weighted by Gasteiger charge is 2.34. The van der Waals surface area contributed by atoms with Crippen molar-refractivity contribution in [1.29, 1.82) is 0 Å². The first kappa shape index (κ1) is 25.5. The second-order valence-corrected chi connectivity index (χ2v) is 7.52. The molecule has 0 amide bonds. The Bertz CT molecular complexity index is 1080. The Morgan fingerprint density at radius 2 is 1.72 bits per heavy atom. The molecular weight excluding hydrogens is 492 g/mol. The van der Waals surface area contributed by atoms with Crippen molar-refractivity contribution in [3.63, 3.8) is 0 Å². The number of rotatable bonds is 5. The monoisotopic (exact) mass is 506 g/mol. The van der Waals surface area contributed by atoms with Gasteiger partial charge in [-0.3, -0.25) is 4.79 Å². The maximum absolute atomic E-state index is 12.5. The summed E-state index contributed by atoms with van der Waals surface area (Å²) >= 11 is 17.2. The van der Waals surface area contributed by atoms with E-state index in [0.29, 0.717) is 28.4 Å². The van der Waals surface area contributed by atoms with Gasteiger partial charge < -0.3 is 16.2 Å². The molecule has 0 aliphatic carbocycles. The number of carboxylic acid groups (broad SMARTS) is 1. The predicted molar refractivity (Wildman–Crippen MR) is 119 cm³/mol. The molecule has 0 aliphatic heterocycles. The van der Waals surface area contributed by atoms with Crippen molar-refractivity contribution in [2.45, 2.75) is 19.0 Å². The minimum absolute atomic E-state index is 0.0751. The Balaban J connectivity index is 0.000000258. The molecule has 0 spiro atoms. The van der Waals surface area contributed by atoms with Gasteiger partial charge in [-0.05, 0) is 42.3 Å². The molecule has 0 saturated carbocycles. The van der Waals surface area contributed by atoms with E-state index in [4.69, 9.17) is 45.6 Å². The van der Waals surface area contributed by atoms with Crippen LogP contribution in [0.25, 0.3) is 0 Å². The molecule has 4 N–H and O–H groups in total. The molecule has 1 heterocycles. The number of anilines is 3. The number of hydrogen-bond donors (Lipinski definition) is 3. The third kappa shape index (κ3) is 8.07. The highest BCUT2D eigenvalue weighted by atomic mass is 35.5. The summed E-state index contributed by atoms with van der Waals surface area (Å²) in [6, 6.07) is 11.8. The lowest BCUT2D eigenvalue weighted by Crippen LogP contribution is -2.12. The van der Waals surface area contributed by atoms with Crippen LogP contribution in [0.5, 0.6) is 0 Å². The number of nitrogens with two attached hydrogens (primary N) is 1. The third-order valence-corrected chi connectivity index (χ3v) is 4.83. The topological polar surface area (TPSA) is 101 Å². The first-order valence-corrected chi connectivity index (χ1v) is 9.97. The second kappa shape index (κ2) is 11.2. The Morgan fingerprint density at radius 1 is 1.06 bits per heavy atom. The van der Waals surface area contributed by atoms with E-state index in [0.717, 1.165) is 5.56 Å². The molecule has 3 rings (SSSR count). The summed E-state index contributed by atoms with van der Waals surface area (Å²) in [6.07, 6.45) is -3.25. The smallest absolute Gasteiger partial charge is 0.421 e. The summed E-state index contributed by atoms with van der Waals surface area (Å²) in [5, 5.41) is 12.4. The lowest BCUT2D eigenvalue weighted by atomic mass is 10.1. The van der Waals surface area contributed by atoms with Gasteiger partial charge in [0.2, 0.25) is 5.95 Å². The number of aliphatic carboxylic acids is 1. The predicted octanol–water partition coefficient (Wildman–Crippen LogP) is 6.49. The van der Waals surface area contributed by atoms with Crippen molar-refractivity contribution in [3.05, 3.63) is 74.9 Å². The second-order valence-electron chi connectivity index (χ2n) is 6.26. The minimum Gasteiger partial charge on any atom is -0.481 e. The summed E-state index contributed by atoms with van der Waals surface area (Å²) in [5.74, 6) is -1.51. The first-order chi connectivity index (χ1) is 15.0. The Morgan fingerprint density at radius 3 is 2.25 bits per heavy atom. The van der Waals surface area contributed by atoms with Gasteiger partial charge in [0, 0.05) is 23.3 Å². The van der Waals surface area contributed by atoms with Crippen LogP contribution in [0.2, 0.25) is 15.1 Å². The molecule has 0 aliphatic rings. The number of nitrogens with one attached hydrogen (secondary N) is 1. The standard InChI is InChI=1S/C11H7Cl2F3N4.C9H9ClO2/c12-7-2-1-5(3-8(7)13)19-10-18-4-6(9(17)20-10)11(14,15)16;10-8-4-1-7(2-5-8)3-6-9(11)12/h1-4H,(H3,17,18,19,20);1-2,4-5H,3,6H2,(H,11,12). The lowest BCUT2D eigenvalue weighted by Gasteiger charge is -2.10. The quantitative estimate of drug-likeness (QED) is 0.365. The summed E-state index contributed by atoms with van der Waals surface area (Å²) in [4.78, 5) is 17.3. The normalized spacial score (nSPS) is 10.8. The molecule has 2 aromatic carbocycles. The number of hydrogen-bond acceptors (Lipinski definition) is 5. The summed E-state index contributed by atoms with van der Waals surface area (Å²) in [7, 11) is 0. The fourth-order valence-corrected chi connectivity index (χ4v) is 2.70. The molecule has 1 aromatic heterocycles. The van der Waals surface area contributed by atoms with E-state index in [2.05, 4.69) is 15.3 Å². The molecule has 32 heavy (non-hydrogen) atoms. The Kier molecular flexibility index (Phi) is 8.94. The van der Waals surface area contributed by atoms with E-state index in [9.17, 15) is 18.0 Å². The number of aromatic nitrogens is 2. The summed E-state index contributed by atoms with van der Waals surface area (Å²) in [6.45, 7) is 0. The number of benzene rings is 2. The average molecular weight is 508 g/mol. The van der Waals surface area contributed by atoms with Crippen LogP contribution >= 0.6 is 34.8 Å². The number of carboxylic acids is 1. The van der Waals surface area contributed by atoms with Gasteiger partial charge in [0.1, 0.15) is 11.4 Å². The number of aryl methyl sites for hydroxylation is 1. The highest BCUT2D eigenvalue weighted by molar-refractivity contribution is 6.42. The first-order valence-electron chi connectivity index (χ1n) is 8.83. The van der Waals surface area contributed by atoms with Crippen molar-refractivity contribution in [2.24, 2.45) is 0 Å². The molecule has 0 fully saturated rings. The van der Waals surface area contributed by atoms with Crippen molar-refractivity contribution in [2.75, 3.05) is 11.1 Å². The van der Waals surface area contributed by atoms with Crippen molar-refractivity contribution in [3.8, 4) is 0 Å². The minimum atomic E-state index is -4.59. The molecular formula is C20H16Cl3F3N4O2. The molecule has 3 aromatic rings. The number of alkyl halides is 3. The van der Waals surface area contributed by atoms with Crippen LogP contribution in [0.1, 0.15) is 17.5 Å². The summed E-state index contributed by atoms with van der Waals surface area (Å²) < 4.78 is 37.5. The number of nitrogens with zero attached hydrogens (tertiary/aromatic N) is 2. The average Bonchev–Trinajstić information content (AvgIpc) is 2.70. The molecule has 0 radical (unpaired) electrons. The van der Waals surface area contributed by atoms with E-state index in [-0.39, 0.29) is 17.4 Å². The van der Waals surface area contributed by atoms with Gasteiger partial charge in [-0.15, -0.1) is 0 Å². The van der Waals surface area contributed by atoms with Crippen LogP contribution in [-0.4, -0.2) is 21.0 Å². The van der Waals surface area contributed by atoms with Crippen LogP contribution < -0.4 is 11.1 Å². The maximum atomic E-state index is 12.5. The summed E-state index contributed by atoms with van der Waals surface area (Å²) in [5.41, 5.74) is 5.64. The van der Waals surface area contributed by atoms with Crippen molar-refractivity contribution in [1.82, 2.24) is 9.97 Å².